The van der Waals surface area contributed by atoms with Gasteiger partial charge in [-0.05, 0) is 29.7 Å². The lowest BCUT2D eigenvalue weighted by Crippen LogP contribution is -2.30. The lowest BCUT2D eigenvalue weighted by atomic mass is 9.98. The largest absolute Gasteiger partial charge is 0.351 e. The molecule has 2 atom stereocenters. The van der Waals surface area contributed by atoms with Crippen molar-refractivity contribution < 1.29 is 4.79 Å². The van der Waals surface area contributed by atoms with E-state index in [0.717, 1.165) is 18.0 Å². The summed E-state index contributed by atoms with van der Waals surface area (Å²) in [5, 5.41) is 4.94. The molecule has 1 saturated carbocycles. The molecule has 1 aromatic rings. The molecule has 0 radical (unpaired) electrons. The van der Waals surface area contributed by atoms with E-state index in [0.29, 0.717) is 17.3 Å². The van der Waals surface area contributed by atoms with E-state index >= 15 is 0 Å². The summed E-state index contributed by atoms with van der Waals surface area (Å²) in [4.78, 5) is 12.9. The number of hydrogen-bond donors (Lipinski definition) is 2. The quantitative estimate of drug-likeness (QED) is 0.832. The molecule has 3 N–H and O–H groups in total. The molecular weight excluding hydrogens is 256 g/mol. The first kappa shape index (κ1) is 14.1. The minimum atomic E-state index is -0.00424. The van der Waals surface area contributed by atoms with Gasteiger partial charge in [0, 0.05) is 12.1 Å². The number of rotatable bonds is 3. The van der Waals surface area contributed by atoms with Crippen molar-refractivity contribution in [3.63, 3.8) is 0 Å². The van der Waals surface area contributed by atoms with E-state index in [-0.39, 0.29) is 5.91 Å². The van der Waals surface area contributed by atoms with Crippen molar-refractivity contribution in [2.75, 3.05) is 13.1 Å². The lowest BCUT2D eigenvalue weighted by molar-refractivity contribution is 0.0948. The first-order valence-electron chi connectivity index (χ1n) is 6.77. The third kappa shape index (κ3) is 3.59. The molecule has 1 aliphatic carbocycles. The number of nitrogens with two attached hydrogens (primary N) is 1. The summed E-state index contributed by atoms with van der Waals surface area (Å²) >= 11 is 1.44. The Hall–Kier alpha value is -1.31. The van der Waals surface area contributed by atoms with E-state index in [2.05, 4.69) is 24.1 Å². The molecule has 1 aromatic heterocycles. The zero-order valence-corrected chi connectivity index (χ0v) is 12.1. The average molecular weight is 276 g/mol. The van der Waals surface area contributed by atoms with Crippen LogP contribution < -0.4 is 11.1 Å². The number of thiophene rings is 1. The highest BCUT2D eigenvalue weighted by Crippen LogP contribution is 2.30. The molecule has 4 heteroatoms. The predicted molar refractivity (Wildman–Crippen MR) is 79.1 cm³/mol. The van der Waals surface area contributed by atoms with Crippen molar-refractivity contribution >= 4 is 17.2 Å². The molecule has 2 unspecified atom stereocenters. The molecule has 0 aliphatic heterocycles. The first-order valence-corrected chi connectivity index (χ1v) is 7.65. The summed E-state index contributed by atoms with van der Waals surface area (Å²) in [6.45, 7) is 3.37. The molecule has 2 rings (SSSR count). The van der Waals surface area contributed by atoms with Gasteiger partial charge in [0.2, 0.25) is 0 Å². The van der Waals surface area contributed by atoms with Crippen LogP contribution in [0.1, 0.15) is 41.4 Å². The molecular formula is C15H20N2OS. The van der Waals surface area contributed by atoms with Crippen molar-refractivity contribution in [3.8, 4) is 11.8 Å². The van der Waals surface area contributed by atoms with Gasteiger partial charge in [-0.2, -0.15) is 0 Å². The second-order valence-electron chi connectivity index (χ2n) is 5.05. The second-order valence-corrected chi connectivity index (χ2v) is 5.96. The number of amides is 1. The van der Waals surface area contributed by atoms with Crippen LogP contribution in [0.3, 0.4) is 0 Å². The highest BCUT2D eigenvalue weighted by atomic mass is 32.1. The van der Waals surface area contributed by atoms with Crippen LogP contribution >= 0.6 is 11.3 Å². The van der Waals surface area contributed by atoms with Crippen LogP contribution in [0.25, 0.3) is 0 Å². The van der Waals surface area contributed by atoms with E-state index in [1.165, 1.54) is 30.6 Å². The molecule has 0 spiro atoms. The maximum atomic E-state index is 12.2. The summed E-state index contributed by atoms with van der Waals surface area (Å²) in [5.74, 6) is 7.09. The van der Waals surface area contributed by atoms with Gasteiger partial charge in [0.25, 0.3) is 5.91 Å². The summed E-state index contributed by atoms with van der Waals surface area (Å²) < 4.78 is 0. The average Bonchev–Trinajstić information content (AvgIpc) is 3.02. The van der Waals surface area contributed by atoms with Crippen LogP contribution in [0.5, 0.6) is 0 Å². The van der Waals surface area contributed by atoms with Gasteiger partial charge in [-0.25, -0.2) is 0 Å². The maximum absolute atomic E-state index is 12.2. The van der Waals surface area contributed by atoms with Crippen molar-refractivity contribution in [1.82, 2.24) is 5.32 Å². The van der Waals surface area contributed by atoms with Gasteiger partial charge in [0.05, 0.1) is 6.54 Å². The zero-order chi connectivity index (χ0) is 13.7. The number of hydrogen-bond acceptors (Lipinski definition) is 3. The smallest absolute Gasteiger partial charge is 0.262 e. The minimum absolute atomic E-state index is 0.00424. The molecule has 19 heavy (non-hydrogen) atoms. The summed E-state index contributed by atoms with van der Waals surface area (Å²) in [5.41, 5.74) is 6.14. The van der Waals surface area contributed by atoms with Gasteiger partial charge in [-0.15, -0.1) is 11.3 Å². The Morgan fingerprint density at radius 1 is 1.58 bits per heavy atom. The van der Waals surface area contributed by atoms with Crippen LogP contribution in [-0.2, 0) is 0 Å². The van der Waals surface area contributed by atoms with Crippen LogP contribution in [0.4, 0.5) is 0 Å². The topological polar surface area (TPSA) is 55.1 Å². The highest BCUT2D eigenvalue weighted by Gasteiger charge is 2.24. The molecule has 1 heterocycles. The summed E-state index contributed by atoms with van der Waals surface area (Å²) in [7, 11) is 0. The molecule has 0 bridgehead atoms. The van der Waals surface area contributed by atoms with Gasteiger partial charge in [-0.3, -0.25) is 4.79 Å². The monoisotopic (exact) mass is 276 g/mol. The zero-order valence-electron chi connectivity index (χ0n) is 11.2. The van der Waals surface area contributed by atoms with Crippen LogP contribution in [0.2, 0.25) is 0 Å². The first-order chi connectivity index (χ1) is 9.22. The number of carbonyl (C=O) groups excluding carboxylic acids is 1. The Bertz CT molecular complexity index is 498. The van der Waals surface area contributed by atoms with Crippen LogP contribution in [-0.4, -0.2) is 19.0 Å². The van der Waals surface area contributed by atoms with Gasteiger partial charge < -0.3 is 11.1 Å². The van der Waals surface area contributed by atoms with E-state index in [1.807, 2.05) is 11.4 Å². The number of carbonyl (C=O) groups is 1. The molecule has 1 fully saturated rings. The lowest BCUT2D eigenvalue weighted by Gasteiger charge is -2.15. The van der Waals surface area contributed by atoms with Gasteiger partial charge in [0.15, 0.2) is 0 Å². The van der Waals surface area contributed by atoms with Crippen molar-refractivity contribution in [2.24, 2.45) is 17.6 Å². The Morgan fingerprint density at radius 3 is 3.11 bits per heavy atom. The Labute approximate surface area is 118 Å². The van der Waals surface area contributed by atoms with Gasteiger partial charge in [0.1, 0.15) is 4.88 Å². The Kier molecular flexibility index (Phi) is 5.00. The van der Waals surface area contributed by atoms with E-state index < -0.39 is 0 Å². The maximum Gasteiger partial charge on any atom is 0.262 e. The van der Waals surface area contributed by atoms with Gasteiger partial charge >= 0.3 is 0 Å². The van der Waals surface area contributed by atoms with Crippen molar-refractivity contribution in [3.05, 3.63) is 21.9 Å². The fourth-order valence-electron chi connectivity index (χ4n) is 2.56. The molecule has 102 valence electrons. The molecule has 3 nitrogen and oxygen atoms in total. The minimum Gasteiger partial charge on any atom is -0.351 e. The Balaban J connectivity index is 1.94. The van der Waals surface area contributed by atoms with Crippen molar-refractivity contribution in [1.29, 1.82) is 0 Å². The SMILES string of the molecule is CC1CCCC1CNC(=O)c1sccc1C#CCN. The predicted octanol–water partition coefficient (Wildman–Crippen LogP) is 2.22. The molecule has 0 aromatic carbocycles. The van der Waals surface area contributed by atoms with Crippen LogP contribution in [0.15, 0.2) is 11.4 Å². The summed E-state index contributed by atoms with van der Waals surface area (Å²) in [6, 6.07) is 1.88. The fourth-order valence-corrected chi connectivity index (χ4v) is 3.32. The van der Waals surface area contributed by atoms with Gasteiger partial charge in [-0.1, -0.05) is 31.6 Å². The normalized spacial score (nSPS) is 21.8. The third-order valence-electron chi connectivity index (χ3n) is 3.76. The van der Waals surface area contributed by atoms with Crippen molar-refractivity contribution in [2.45, 2.75) is 26.2 Å². The second kappa shape index (κ2) is 6.74. The fraction of sp³-hybridized carbons (Fsp3) is 0.533. The Morgan fingerprint density at radius 2 is 2.42 bits per heavy atom. The van der Waals surface area contributed by atoms with E-state index in [4.69, 9.17) is 5.73 Å². The highest BCUT2D eigenvalue weighted by molar-refractivity contribution is 7.12. The van der Waals surface area contributed by atoms with Crippen LogP contribution in [0, 0.1) is 23.7 Å². The standard InChI is InChI=1S/C15H20N2OS/c1-11-4-2-5-13(11)10-17-15(18)14-12(6-3-8-16)7-9-19-14/h7,9,11,13H,2,4-5,8,10,16H2,1H3,(H,17,18). The summed E-state index contributed by atoms with van der Waals surface area (Å²) in [6.07, 6.45) is 3.80. The van der Waals surface area contributed by atoms with E-state index in [1.54, 1.807) is 0 Å². The number of nitrogens with one attached hydrogen (secondary N) is 1. The third-order valence-corrected chi connectivity index (χ3v) is 4.67. The molecule has 1 aliphatic rings. The molecule has 0 saturated heterocycles. The molecule has 1 amide bonds. The van der Waals surface area contributed by atoms with E-state index in [9.17, 15) is 4.79 Å².